The molecule has 6 heteroatoms. The standard InChI is InChI=1S/C11H11FN4O/c1-6-4-7(12)2-3-8(6)17-10-5-9(13)15-11(14)16-10/h2-5H,1H3,(H4,13,14,15,16). The van der Waals surface area contributed by atoms with Crippen molar-refractivity contribution in [3.63, 3.8) is 0 Å². The summed E-state index contributed by atoms with van der Waals surface area (Å²) in [6.45, 7) is 1.73. The third-order valence-electron chi connectivity index (χ3n) is 2.09. The summed E-state index contributed by atoms with van der Waals surface area (Å²) in [7, 11) is 0. The molecule has 0 atom stereocenters. The number of nitrogens with zero attached hydrogens (tertiary/aromatic N) is 2. The number of anilines is 2. The average Bonchev–Trinajstić information content (AvgIpc) is 2.21. The molecule has 0 amide bonds. The minimum atomic E-state index is -0.323. The van der Waals surface area contributed by atoms with Crippen molar-refractivity contribution in [2.24, 2.45) is 0 Å². The molecule has 0 aliphatic heterocycles. The molecule has 17 heavy (non-hydrogen) atoms. The van der Waals surface area contributed by atoms with Gasteiger partial charge in [-0.15, -0.1) is 0 Å². The molecule has 0 aliphatic carbocycles. The van der Waals surface area contributed by atoms with Gasteiger partial charge in [-0.1, -0.05) is 0 Å². The molecule has 2 aromatic rings. The van der Waals surface area contributed by atoms with E-state index in [0.717, 1.165) is 0 Å². The zero-order chi connectivity index (χ0) is 12.4. The molecule has 4 N–H and O–H groups in total. The quantitative estimate of drug-likeness (QED) is 0.828. The Balaban J connectivity index is 2.31. The van der Waals surface area contributed by atoms with E-state index in [9.17, 15) is 4.39 Å². The molecule has 0 saturated heterocycles. The van der Waals surface area contributed by atoms with Gasteiger partial charge in [0.05, 0.1) is 0 Å². The summed E-state index contributed by atoms with van der Waals surface area (Å²) in [6, 6.07) is 5.62. The fourth-order valence-electron chi connectivity index (χ4n) is 1.35. The summed E-state index contributed by atoms with van der Waals surface area (Å²) in [5.74, 6) is 0.636. The van der Waals surface area contributed by atoms with Gasteiger partial charge in [0.25, 0.3) is 0 Å². The van der Waals surface area contributed by atoms with Gasteiger partial charge in [0.1, 0.15) is 17.4 Å². The minimum Gasteiger partial charge on any atom is -0.438 e. The molecular formula is C11H11FN4O. The van der Waals surface area contributed by atoms with Crippen LogP contribution in [0.1, 0.15) is 5.56 Å². The number of hydrogen-bond acceptors (Lipinski definition) is 5. The smallest absolute Gasteiger partial charge is 0.226 e. The first-order valence-corrected chi connectivity index (χ1v) is 4.88. The fraction of sp³-hybridized carbons (Fsp3) is 0.0909. The Kier molecular flexibility index (Phi) is 2.78. The van der Waals surface area contributed by atoms with Crippen LogP contribution in [-0.4, -0.2) is 9.97 Å². The van der Waals surface area contributed by atoms with Crippen molar-refractivity contribution < 1.29 is 9.13 Å². The molecule has 0 aliphatic rings. The van der Waals surface area contributed by atoms with E-state index in [1.807, 2.05) is 0 Å². The third kappa shape index (κ3) is 2.60. The van der Waals surface area contributed by atoms with Crippen molar-refractivity contribution >= 4 is 11.8 Å². The van der Waals surface area contributed by atoms with Crippen molar-refractivity contribution in [2.45, 2.75) is 6.92 Å². The summed E-state index contributed by atoms with van der Waals surface area (Å²) < 4.78 is 18.3. The Morgan fingerprint density at radius 3 is 2.59 bits per heavy atom. The Labute approximate surface area is 97.3 Å². The van der Waals surface area contributed by atoms with Gasteiger partial charge < -0.3 is 16.2 Å². The maximum atomic E-state index is 12.9. The van der Waals surface area contributed by atoms with E-state index in [0.29, 0.717) is 11.3 Å². The highest BCUT2D eigenvalue weighted by atomic mass is 19.1. The molecule has 0 bridgehead atoms. The van der Waals surface area contributed by atoms with Crippen LogP contribution in [0.2, 0.25) is 0 Å². The molecule has 2 rings (SSSR count). The Morgan fingerprint density at radius 2 is 1.94 bits per heavy atom. The fourth-order valence-corrected chi connectivity index (χ4v) is 1.35. The summed E-state index contributed by atoms with van der Waals surface area (Å²) >= 11 is 0. The Hall–Kier alpha value is -2.37. The van der Waals surface area contributed by atoms with Crippen LogP contribution in [0.5, 0.6) is 11.6 Å². The second-order valence-electron chi connectivity index (χ2n) is 3.50. The summed E-state index contributed by atoms with van der Waals surface area (Å²) in [5, 5.41) is 0. The molecule has 0 fully saturated rings. The number of nitrogens with two attached hydrogens (primary N) is 2. The highest BCUT2D eigenvalue weighted by Gasteiger charge is 2.05. The molecule has 5 nitrogen and oxygen atoms in total. The number of hydrogen-bond donors (Lipinski definition) is 2. The molecular weight excluding hydrogens is 223 g/mol. The third-order valence-corrected chi connectivity index (χ3v) is 2.09. The van der Waals surface area contributed by atoms with Crippen molar-refractivity contribution in [2.75, 3.05) is 11.5 Å². The maximum Gasteiger partial charge on any atom is 0.226 e. The van der Waals surface area contributed by atoms with Crippen LogP contribution >= 0.6 is 0 Å². The molecule has 1 heterocycles. The molecule has 1 aromatic carbocycles. The van der Waals surface area contributed by atoms with Crippen molar-refractivity contribution in [3.05, 3.63) is 35.6 Å². The van der Waals surface area contributed by atoms with Gasteiger partial charge in [0.15, 0.2) is 0 Å². The molecule has 0 saturated carbocycles. The van der Waals surface area contributed by atoms with E-state index in [-0.39, 0.29) is 23.5 Å². The van der Waals surface area contributed by atoms with Gasteiger partial charge in [0, 0.05) is 6.07 Å². The Morgan fingerprint density at radius 1 is 1.18 bits per heavy atom. The zero-order valence-electron chi connectivity index (χ0n) is 9.14. The van der Waals surface area contributed by atoms with Gasteiger partial charge in [-0.2, -0.15) is 9.97 Å². The SMILES string of the molecule is Cc1cc(F)ccc1Oc1cc(N)nc(N)n1. The lowest BCUT2D eigenvalue weighted by Crippen LogP contribution is -2.01. The molecule has 88 valence electrons. The first kappa shape index (κ1) is 11.1. The van der Waals surface area contributed by atoms with Gasteiger partial charge in [-0.25, -0.2) is 4.39 Å². The predicted octanol–water partition coefficient (Wildman–Crippen LogP) is 1.88. The van der Waals surface area contributed by atoms with Crippen LogP contribution in [-0.2, 0) is 0 Å². The van der Waals surface area contributed by atoms with Crippen molar-refractivity contribution in [1.82, 2.24) is 9.97 Å². The van der Waals surface area contributed by atoms with Gasteiger partial charge >= 0.3 is 0 Å². The predicted molar refractivity (Wildman–Crippen MR) is 62.1 cm³/mol. The average molecular weight is 234 g/mol. The van der Waals surface area contributed by atoms with Crippen LogP contribution in [0.3, 0.4) is 0 Å². The van der Waals surface area contributed by atoms with Crippen LogP contribution in [0, 0.1) is 12.7 Å². The van der Waals surface area contributed by atoms with E-state index in [1.54, 1.807) is 6.92 Å². The van der Waals surface area contributed by atoms with Gasteiger partial charge in [-0.3, -0.25) is 0 Å². The molecule has 0 unspecified atom stereocenters. The number of ether oxygens (including phenoxy) is 1. The summed E-state index contributed by atoms with van der Waals surface area (Å²) in [5.41, 5.74) is 11.6. The zero-order valence-corrected chi connectivity index (χ0v) is 9.14. The lowest BCUT2D eigenvalue weighted by Gasteiger charge is -2.08. The topological polar surface area (TPSA) is 87.0 Å². The van der Waals surface area contributed by atoms with E-state index < -0.39 is 0 Å². The molecule has 1 aromatic heterocycles. The minimum absolute atomic E-state index is 0.0276. The van der Waals surface area contributed by atoms with Gasteiger partial charge in [-0.05, 0) is 30.7 Å². The monoisotopic (exact) mass is 234 g/mol. The van der Waals surface area contributed by atoms with E-state index in [1.165, 1.54) is 24.3 Å². The first-order valence-electron chi connectivity index (χ1n) is 4.88. The molecule has 0 spiro atoms. The number of aromatic nitrogens is 2. The lowest BCUT2D eigenvalue weighted by atomic mass is 10.2. The summed E-state index contributed by atoms with van der Waals surface area (Å²) in [6.07, 6.45) is 0. The number of rotatable bonds is 2. The second-order valence-corrected chi connectivity index (χ2v) is 3.50. The second kappa shape index (κ2) is 4.25. The maximum absolute atomic E-state index is 12.9. The van der Waals surface area contributed by atoms with Crippen LogP contribution in [0.4, 0.5) is 16.2 Å². The van der Waals surface area contributed by atoms with E-state index in [2.05, 4.69) is 9.97 Å². The van der Waals surface area contributed by atoms with Crippen molar-refractivity contribution in [3.8, 4) is 11.6 Å². The number of nitrogen functional groups attached to an aromatic ring is 2. The lowest BCUT2D eigenvalue weighted by molar-refractivity contribution is 0.457. The first-order chi connectivity index (χ1) is 8.04. The highest BCUT2D eigenvalue weighted by Crippen LogP contribution is 2.25. The Bertz CT molecular complexity index is 539. The number of benzene rings is 1. The van der Waals surface area contributed by atoms with Gasteiger partial charge in [0.2, 0.25) is 11.8 Å². The van der Waals surface area contributed by atoms with Crippen LogP contribution in [0.25, 0.3) is 0 Å². The van der Waals surface area contributed by atoms with Crippen LogP contribution in [0.15, 0.2) is 24.3 Å². The van der Waals surface area contributed by atoms with E-state index >= 15 is 0 Å². The number of halogens is 1. The normalized spacial score (nSPS) is 10.2. The van der Waals surface area contributed by atoms with E-state index in [4.69, 9.17) is 16.2 Å². The largest absolute Gasteiger partial charge is 0.438 e. The van der Waals surface area contributed by atoms with Crippen LogP contribution < -0.4 is 16.2 Å². The highest BCUT2D eigenvalue weighted by molar-refractivity contribution is 5.41. The number of aryl methyl sites for hydroxylation is 1. The summed E-state index contributed by atoms with van der Waals surface area (Å²) in [4.78, 5) is 7.58. The molecule has 0 radical (unpaired) electrons. The van der Waals surface area contributed by atoms with Crippen molar-refractivity contribution in [1.29, 1.82) is 0 Å².